The van der Waals surface area contributed by atoms with Crippen molar-refractivity contribution < 1.29 is 39.5 Å². The fraction of sp³-hybridized carbons (Fsp3) is 0.409. The first-order valence-electron chi connectivity index (χ1n) is 11.0. The Labute approximate surface area is 218 Å². The molecule has 1 aliphatic heterocycles. The number of hydrogen-bond acceptors (Lipinski definition) is 6. The van der Waals surface area contributed by atoms with E-state index in [1.54, 1.807) is 0 Å². The van der Waals surface area contributed by atoms with E-state index in [0.717, 1.165) is 24.8 Å². The van der Waals surface area contributed by atoms with Crippen LogP contribution in [-0.4, -0.2) is 60.0 Å². The van der Waals surface area contributed by atoms with Crippen molar-refractivity contribution in [1.29, 1.82) is 0 Å². The van der Waals surface area contributed by atoms with Gasteiger partial charge in [-0.05, 0) is 49.2 Å². The normalized spacial score (nSPS) is 15.3. The van der Waals surface area contributed by atoms with E-state index < -0.39 is 54.9 Å². The summed E-state index contributed by atoms with van der Waals surface area (Å²) >= 11 is 5.62. The Kier molecular flexibility index (Phi) is 8.67. The van der Waals surface area contributed by atoms with Crippen molar-refractivity contribution in [3.63, 3.8) is 0 Å². The van der Waals surface area contributed by atoms with Crippen LogP contribution in [0, 0.1) is 0 Å². The van der Waals surface area contributed by atoms with Gasteiger partial charge >= 0.3 is 6.18 Å². The van der Waals surface area contributed by atoms with Gasteiger partial charge in [-0.1, -0.05) is 18.0 Å². The molecule has 1 fully saturated rings. The number of nitrogens with zero attached hydrogens (tertiary/aromatic N) is 2. The van der Waals surface area contributed by atoms with Crippen molar-refractivity contribution in [3.05, 3.63) is 47.0 Å². The summed E-state index contributed by atoms with van der Waals surface area (Å²) in [5.41, 5.74) is -1.65. The molecule has 3 rings (SSSR count). The number of anilines is 2. The maximum atomic E-state index is 13.3. The van der Waals surface area contributed by atoms with Crippen molar-refractivity contribution in [3.8, 4) is 5.75 Å². The summed E-state index contributed by atoms with van der Waals surface area (Å²) < 4.78 is 97.9. The highest BCUT2D eigenvalue weighted by Crippen LogP contribution is 2.37. The number of ether oxygens (including phenoxy) is 1. The Morgan fingerprint density at radius 3 is 2.30 bits per heavy atom. The third-order valence-electron chi connectivity index (χ3n) is 5.61. The zero-order valence-corrected chi connectivity index (χ0v) is 22.3. The number of sulfonamides is 2. The Balaban J connectivity index is 1.89. The zero-order chi connectivity index (χ0) is 27.6. The van der Waals surface area contributed by atoms with Crippen LogP contribution in [0.3, 0.4) is 0 Å². The number of hydrogen-bond donors (Lipinski definition) is 1. The van der Waals surface area contributed by atoms with Crippen LogP contribution in [0.2, 0.25) is 5.02 Å². The molecule has 1 saturated heterocycles. The Hall–Kier alpha value is -2.55. The van der Waals surface area contributed by atoms with Crippen LogP contribution >= 0.6 is 11.6 Å². The predicted octanol–water partition coefficient (Wildman–Crippen LogP) is 3.95. The number of carbonyl (C=O) groups excluding carboxylic acids is 1. The third kappa shape index (κ3) is 6.86. The van der Waals surface area contributed by atoms with E-state index in [0.29, 0.717) is 36.3 Å². The first-order chi connectivity index (χ1) is 17.1. The zero-order valence-electron chi connectivity index (χ0n) is 19.9. The Morgan fingerprint density at radius 1 is 1.08 bits per heavy atom. The van der Waals surface area contributed by atoms with Crippen molar-refractivity contribution in [1.82, 2.24) is 4.31 Å². The van der Waals surface area contributed by atoms with Crippen LogP contribution in [-0.2, 0) is 31.0 Å². The van der Waals surface area contributed by atoms with Crippen LogP contribution in [0.25, 0.3) is 0 Å². The minimum absolute atomic E-state index is 0.0296. The number of rotatable bonds is 8. The molecule has 1 aliphatic rings. The molecule has 0 spiro atoms. The largest absolute Gasteiger partial charge is 0.495 e. The molecule has 204 valence electrons. The van der Waals surface area contributed by atoms with E-state index in [1.807, 2.05) is 0 Å². The molecule has 1 N–H and O–H groups in total. The number of methoxy groups -OCH3 is 1. The molecule has 15 heteroatoms. The van der Waals surface area contributed by atoms with Gasteiger partial charge in [0.15, 0.2) is 0 Å². The van der Waals surface area contributed by atoms with E-state index in [1.165, 1.54) is 29.6 Å². The second-order valence-corrected chi connectivity index (χ2v) is 12.5. The highest BCUT2D eigenvalue weighted by molar-refractivity contribution is 7.92. The standard InChI is InChI=1S/C22H25ClF3N3O6S2/c1-35-19-9-6-15(12-20(19)37(33,34)28-10-4-3-5-11-28)27-21(30)14-29(36(2,31)32)16-7-8-18(23)17(13-16)22(24,25)26/h6-9,12-13H,3-5,10-11,14H2,1-2H3,(H,27,30). The fourth-order valence-corrected chi connectivity index (χ4v) is 6.59. The summed E-state index contributed by atoms with van der Waals surface area (Å²) in [6.07, 6.45) is -1.79. The van der Waals surface area contributed by atoms with E-state index in [9.17, 15) is 34.8 Å². The van der Waals surface area contributed by atoms with E-state index in [-0.39, 0.29) is 16.3 Å². The lowest BCUT2D eigenvalue weighted by Crippen LogP contribution is -2.37. The number of alkyl halides is 3. The molecule has 0 bridgehead atoms. The molecular formula is C22H25ClF3N3O6S2. The smallest absolute Gasteiger partial charge is 0.417 e. The average Bonchev–Trinajstić information content (AvgIpc) is 2.82. The summed E-state index contributed by atoms with van der Waals surface area (Å²) in [6, 6.07) is 6.36. The molecule has 0 saturated carbocycles. The highest BCUT2D eigenvalue weighted by atomic mass is 35.5. The van der Waals surface area contributed by atoms with Crippen molar-refractivity contribution in [2.45, 2.75) is 30.3 Å². The molecular weight excluding hydrogens is 559 g/mol. The summed E-state index contributed by atoms with van der Waals surface area (Å²) in [5, 5.41) is 1.78. The van der Waals surface area contributed by atoms with Gasteiger partial charge in [-0.15, -0.1) is 0 Å². The number of piperidine rings is 1. The van der Waals surface area contributed by atoms with Crippen molar-refractivity contribution in [2.24, 2.45) is 0 Å². The minimum atomic E-state index is -4.85. The molecule has 0 unspecified atom stereocenters. The Morgan fingerprint density at radius 2 is 1.73 bits per heavy atom. The molecule has 2 aromatic rings. The second-order valence-electron chi connectivity index (χ2n) is 8.31. The number of carbonyl (C=O) groups is 1. The number of nitrogens with one attached hydrogen (secondary N) is 1. The molecule has 0 aliphatic carbocycles. The van der Waals surface area contributed by atoms with Gasteiger partial charge < -0.3 is 10.1 Å². The van der Waals surface area contributed by atoms with Gasteiger partial charge in [0.25, 0.3) is 0 Å². The summed E-state index contributed by atoms with van der Waals surface area (Å²) in [5.74, 6) is -0.859. The molecule has 1 heterocycles. The number of benzene rings is 2. The lowest BCUT2D eigenvalue weighted by molar-refractivity contribution is -0.137. The van der Waals surface area contributed by atoms with Gasteiger partial charge in [0, 0.05) is 18.8 Å². The summed E-state index contributed by atoms with van der Waals surface area (Å²) in [7, 11) is -6.84. The van der Waals surface area contributed by atoms with Crippen LogP contribution < -0.4 is 14.4 Å². The molecule has 0 radical (unpaired) electrons. The third-order valence-corrected chi connectivity index (χ3v) is 9.00. The van der Waals surface area contributed by atoms with Gasteiger partial charge in [0.1, 0.15) is 17.2 Å². The monoisotopic (exact) mass is 583 g/mol. The van der Waals surface area contributed by atoms with Gasteiger partial charge in [-0.25, -0.2) is 16.8 Å². The van der Waals surface area contributed by atoms with Gasteiger partial charge in [-0.2, -0.15) is 17.5 Å². The molecule has 9 nitrogen and oxygen atoms in total. The van der Waals surface area contributed by atoms with Crippen LogP contribution in [0.4, 0.5) is 24.5 Å². The Bertz CT molecular complexity index is 1380. The van der Waals surface area contributed by atoms with Crippen molar-refractivity contribution in [2.75, 3.05) is 42.6 Å². The summed E-state index contributed by atoms with van der Waals surface area (Å²) in [4.78, 5) is 12.6. The SMILES string of the molecule is COc1ccc(NC(=O)CN(c2ccc(Cl)c(C(F)(F)F)c2)S(C)(=O)=O)cc1S(=O)(=O)N1CCCCC1. The second kappa shape index (κ2) is 11.1. The van der Waals surface area contributed by atoms with Crippen LogP contribution in [0.5, 0.6) is 5.75 Å². The maximum Gasteiger partial charge on any atom is 0.417 e. The fourth-order valence-electron chi connectivity index (χ4n) is 3.82. The van der Waals surface area contributed by atoms with E-state index >= 15 is 0 Å². The topological polar surface area (TPSA) is 113 Å². The first-order valence-corrected chi connectivity index (χ1v) is 14.6. The first kappa shape index (κ1) is 29.0. The van der Waals surface area contributed by atoms with Crippen molar-refractivity contribution >= 4 is 48.9 Å². The quantitative estimate of drug-likeness (QED) is 0.504. The van der Waals surface area contributed by atoms with Crippen LogP contribution in [0.1, 0.15) is 24.8 Å². The molecule has 0 atom stereocenters. The molecule has 1 amide bonds. The average molecular weight is 584 g/mol. The molecule has 2 aromatic carbocycles. The van der Waals surface area contributed by atoms with Gasteiger partial charge in [0.2, 0.25) is 26.0 Å². The van der Waals surface area contributed by atoms with Crippen LogP contribution in [0.15, 0.2) is 41.3 Å². The van der Waals surface area contributed by atoms with E-state index in [2.05, 4.69) is 5.32 Å². The number of amides is 1. The molecule has 0 aromatic heterocycles. The molecule has 37 heavy (non-hydrogen) atoms. The maximum absolute atomic E-state index is 13.3. The number of halogens is 4. The predicted molar refractivity (Wildman–Crippen MR) is 133 cm³/mol. The summed E-state index contributed by atoms with van der Waals surface area (Å²) in [6.45, 7) is -0.198. The lowest BCUT2D eigenvalue weighted by atomic mass is 10.2. The minimum Gasteiger partial charge on any atom is -0.495 e. The lowest BCUT2D eigenvalue weighted by Gasteiger charge is -2.27. The van der Waals surface area contributed by atoms with Gasteiger partial charge in [0.05, 0.1) is 29.6 Å². The van der Waals surface area contributed by atoms with Gasteiger partial charge in [-0.3, -0.25) is 9.10 Å². The van der Waals surface area contributed by atoms with E-state index in [4.69, 9.17) is 16.3 Å². The highest BCUT2D eigenvalue weighted by Gasteiger charge is 2.35.